The fourth-order valence-corrected chi connectivity index (χ4v) is 2.64. The topological polar surface area (TPSA) is 101 Å². The maximum Gasteiger partial charge on any atom is 0.334 e. The highest BCUT2D eigenvalue weighted by molar-refractivity contribution is 6.27. The molecule has 0 unspecified atom stereocenters. The van der Waals surface area contributed by atoms with Gasteiger partial charge in [0.1, 0.15) is 17.6 Å². The Kier molecular flexibility index (Phi) is 6.00. The number of aromatic hydroxyl groups is 2. The summed E-state index contributed by atoms with van der Waals surface area (Å²) in [5, 5.41) is 20.0. The second-order valence-electron chi connectivity index (χ2n) is 6.53. The van der Waals surface area contributed by atoms with E-state index in [9.17, 15) is 24.6 Å². The van der Waals surface area contributed by atoms with Crippen molar-refractivity contribution in [3.8, 4) is 11.5 Å². The third-order valence-corrected chi connectivity index (χ3v) is 4.27. The van der Waals surface area contributed by atoms with E-state index in [0.29, 0.717) is 5.57 Å². The van der Waals surface area contributed by atoms with Crippen LogP contribution in [-0.2, 0) is 9.53 Å². The van der Waals surface area contributed by atoms with Gasteiger partial charge in [0.2, 0.25) is 0 Å². The van der Waals surface area contributed by atoms with Gasteiger partial charge in [-0.05, 0) is 45.9 Å². The number of carbonyl (C=O) groups is 3. The molecule has 0 aliphatic heterocycles. The molecule has 2 rings (SSSR count). The molecule has 0 saturated heterocycles. The summed E-state index contributed by atoms with van der Waals surface area (Å²) >= 11 is 0. The van der Waals surface area contributed by atoms with Crippen molar-refractivity contribution in [2.45, 2.75) is 40.2 Å². The molecule has 6 nitrogen and oxygen atoms in total. The lowest BCUT2D eigenvalue weighted by Crippen LogP contribution is -2.29. The van der Waals surface area contributed by atoms with Gasteiger partial charge in [-0.15, -0.1) is 0 Å². The van der Waals surface area contributed by atoms with Crippen LogP contribution in [0.2, 0.25) is 0 Å². The number of allylic oxidation sites excluding steroid dienone is 3. The minimum Gasteiger partial charge on any atom is -0.507 e. The molecule has 1 aliphatic carbocycles. The van der Waals surface area contributed by atoms with Gasteiger partial charge in [0.25, 0.3) is 0 Å². The Balaban J connectivity index is 2.51. The van der Waals surface area contributed by atoms with Gasteiger partial charge in [-0.25, -0.2) is 4.79 Å². The average Bonchev–Trinajstić information content (AvgIpc) is 2.62. The number of esters is 1. The number of phenols is 2. The first-order valence-corrected chi connectivity index (χ1v) is 8.50. The van der Waals surface area contributed by atoms with E-state index in [2.05, 4.69) is 0 Å². The highest BCUT2D eigenvalue weighted by Crippen LogP contribution is 2.36. The van der Waals surface area contributed by atoms with Crippen LogP contribution in [0.4, 0.5) is 0 Å². The molecule has 2 N–H and O–H groups in total. The summed E-state index contributed by atoms with van der Waals surface area (Å²) in [5.74, 6) is -2.69. The van der Waals surface area contributed by atoms with Crippen LogP contribution in [0.25, 0.3) is 0 Å². The number of hydrogen-bond donors (Lipinski definition) is 2. The number of ketones is 2. The molecular weight excluding hydrogens is 348 g/mol. The zero-order valence-corrected chi connectivity index (χ0v) is 15.7. The Hall–Kier alpha value is -3.15. The number of hydrogen-bond acceptors (Lipinski definition) is 6. The Morgan fingerprint density at radius 2 is 1.70 bits per heavy atom. The van der Waals surface area contributed by atoms with E-state index >= 15 is 0 Å². The molecule has 0 bridgehead atoms. The number of Topliss-reactive ketones (excluding diaryl/α,β-unsaturated/α-hetero) is 1. The second-order valence-corrected chi connectivity index (χ2v) is 6.53. The summed E-state index contributed by atoms with van der Waals surface area (Å²) in [7, 11) is 0. The average molecular weight is 370 g/mol. The van der Waals surface area contributed by atoms with Crippen LogP contribution in [0, 0.1) is 0 Å². The molecule has 0 amide bonds. The molecular formula is C21H22O6. The summed E-state index contributed by atoms with van der Waals surface area (Å²) < 4.78 is 5.46. The van der Waals surface area contributed by atoms with Gasteiger partial charge in [-0.3, -0.25) is 9.59 Å². The molecule has 0 spiro atoms. The number of benzene rings is 1. The van der Waals surface area contributed by atoms with Gasteiger partial charge in [-0.2, -0.15) is 0 Å². The van der Waals surface area contributed by atoms with Crippen LogP contribution >= 0.6 is 0 Å². The summed E-state index contributed by atoms with van der Waals surface area (Å²) in [6.45, 7) is 6.99. The van der Waals surface area contributed by atoms with E-state index in [-0.39, 0.29) is 28.9 Å². The summed E-state index contributed by atoms with van der Waals surface area (Å²) in [6, 6.07) is 2.29. The van der Waals surface area contributed by atoms with E-state index in [1.54, 1.807) is 26.0 Å². The predicted molar refractivity (Wildman–Crippen MR) is 99.9 cm³/mol. The maximum absolute atomic E-state index is 12.9. The SMILES string of the molecule is CC=C(C)C(=O)O[C@H](CC=C(C)C)C1=CC(=O)c2c(O)ccc(O)c2C1=O. The molecule has 1 aromatic rings. The first-order valence-electron chi connectivity index (χ1n) is 8.50. The third-order valence-electron chi connectivity index (χ3n) is 4.27. The van der Waals surface area contributed by atoms with Crippen LogP contribution in [-0.4, -0.2) is 33.9 Å². The van der Waals surface area contributed by atoms with Gasteiger partial charge in [0, 0.05) is 17.6 Å². The van der Waals surface area contributed by atoms with Gasteiger partial charge in [0.15, 0.2) is 11.6 Å². The Bertz CT molecular complexity index is 897. The molecule has 0 radical (unpaired) electrons. The lowest BCUT2D eigenvalue weighted by Gasteiger charge is -2.23. The van der Waals surface area contributed by atoms with Crippen LogP contribution in [0.1, 0.15) is 54.8 Å². The zero-order valence-electron chi connectivity index (χ0n) is 15.7. The first kappa shape index (κ1) is 20.2. The number of ether oxygens (including phenoxy) is 1. The van der Waals surface area contributed by atoms with Crippen molar-refractivity contribution in [3.63, 3.8) is 0 Å². The monoisotopic (exact) mass is 370 g/mol. The number of phenolic OH excluding ortho intramolecular Hbond substituents is 2. The molecule has 142 valence electrons. The van der Waals surface area contributed by atoms with Crippen molar-refractivity contribution >= 4 is 17.5 Å². The van der Waals surface area contributed by atoms with Crippen molar-refractivity contribution < 1.29 is 29.3 Å². The van der Waals surface area contributed by atoms with E-state index in [0.717, 1.165) is 23.8 Å². The van der Waals surface area contributed by atoms with Crippen molar-refractivity contribution in [3.05, 3.63) is 58.2 Å². The maximum atomic E-state index is 12.9. The van der Waals surface area contributed by atoms with Gasteiger partial charge in [-0.1, -0.05) is 17.7 Å². The fourth-order valence-electron chi connectivity index (χ4n) is 2.64. The van der Waals surface area contributed by atoms with Gasteiger partial charge in [0.05, 0.1) is 11.1 Å². The Labute approximate surface area is 157 Å². The minimum absolute atomic E-state index is 0.0387. The van der Waals surface area contributed by atoms with Crippen molar-refractivity contribution in [2.75, 3.05) is 0 Å². The number of carbonyl (C=O) groups excluding carboxylic acids is 3. The third kappa shape index (κ3) is 4.16. The lowest BCUT2D eigenvalue weighted by molar-refractivity contribution is -0.142. The minimum atomic E-state index is -0.992. The molecule has 0 heterocycles. The Morgan fingerprint density at radius 3 is 2.26 bits per heavy atom. The van der Waals surface area contributed by atoms with E-state index in [1.807, 2.05) is 13.8 Å². The van der Waals surface area contributed by atoms with Crippen LogP contribution < -0.4 is 0 Å². The largest absolute Gasteiger partial charge is 0.507 e. The van der Waals surface area contributed by atoms with Crippen molar-refractivity contribution in [2.24, 2.45) is 0 Å². The fraction of sp³-hybridized carbons (Fsp3) is 0.286. The first-order chi connectivity index (χ1) is 12.7. The van der Waals surface area contributed by atoms with E-state index in [1.165, 1.54) is 0 Å². The molecule has 1 atom stereocenters. The van der Waals surface area contributed by atoms with Gasteiger partial charge >= 0.3 is 5.97 Å². The van der Waals surface area contributed by atoms with Crippen LogP contribution in [0.15, 0.2) is 47.1 Å². The molecule has 6 heteroatoms. The summed E-state index contributed by atoms with van der Waals surface area (Å²) in [4.78, 5) is 37.6. The lowest BCUT2D eigenvalue weighted by atomic mass is 9.85. The quantitative estimate of drug-likeness (QED) is 0.355. The van der Waals surface area contributed by atoms with Crippen LogP contribution in [0.5, 0.6) is 11.5 Å². The van der Waals surface area contributed by atoms with Crippen LogP contribution in [0.3, 0.4) is 0 Å². The molecule has 0 fully saturated rings. The molecule has 0 saturated carbocycles. The molecule has 27 heavy (non-hydrogen) atoms. The number of rotatable bonds is 5. The molecule has 1 aromatic carbocycles. The second kappa shape index (κ2) is 8.03. The smallest absolute Gasteiger partial charge is 0.334 e. The summed E-state index contributed by atoms with van der Waals surface area (Å²) in [6.07, 6.45) is 3.64. The highest BCUT2D eigenvalue weighted by atomic mass is 16.5. The number of fused-ring (bicyclic) bond motifs is 1. The predicted octanol–water partition coefficient (Wildman–Crippen LogP) is 3.64. The van der Waals surface area contributed by atoms with E-state index < -0.39 is 29.4 Å². The molecule has 0 aromatic heterocycles. The normalized spacial score (nSPS) is 15.0. The standard InChI is InChI=1S/C21H22O6/c1-5-12(4)21(26)27-17(9-6-11(2)3)13-10-16(24)18-14(22)7-8-15(23)19(18)20(13)25/h5-8,10,17,22-23H,9H2,1-4H3/t17-/m1/s1. The Morgan fingerprint density at radius 1 is 1.11 bits per heavy atom. The van der Waals surface area contributed by atoms with Gasteiger partial charge < -0.3 is 14.9 Å². The highest BCUT2D eigenvalue weighted by Gasteiger charge is 2.35. The molecule has 1 aliphatic rings. The summed E-state index contributed by atoms with van der Waals surface area (Å²) in [5.41, 5.74) is 0.755. The van der Waals surface area contributed by atoms with E-state index in [4.69, 9.17) is 4.74 Å². The zero-order chi connectivity index (χ0) is 20.3. The van der Waals surface area contributed by atoms with Crippen molar-refractivity contribution in [1.82, 2.24) is 0 Å². The van der Waals surface area contributed by atoms with Crippen molar-refractivity contribution in [1.29, 1.82) is 0 Å².